The van der Waals surface area contributed by atoms with E-state index in [1.807, 2.05) is 25.1 Å². The second-order valence-electron chi connectivity index (χ2n) is 7.09. The molecule has 1 amide bonds. The van der Waals surface area contributed by atoms with Crippen molar-refractivity contribution in [1.82, 2.24) is 14.8 Å². The highest BCUT2D eigenvalue weighted by Gasteiger charge is 2.22. The van der Waals surface area contributed by atoms with Gasteiger partial charge < -0.3 is 0 Å². The number of hydrogen-bond acceptors (Lipinski definition) is 5. The Labute approximate surface area is 169 Å². The van der Waals surface area contributed by atoms with E-state index < -0.39 is 0 Å². The minimum atomic E-state index is -0.0612. The molecule has 3 aromatic rings. The van der Waals surface area contributed by atoms with E-state index in [1.165, 1.54) is 0 Å². The van der Waals surface area contributed by atoms with Gasteiger partial charge in [-0.15, -0.1) is 11.3 Å². The Kier molecular flexibility index (Phi) is 6.22. The van der Waals surface area contributed by atoms with Gasteiger partial charge >= 0.3 is 0 Å². The summed E-state index contributed by atoms with van der Waals surface area (Å²) in [4.78, 5) is 19.6. The standard InChI is InChI=1S/C21H23N5OS/c1-15(2)10-19-24-16(3)21(28-19)26(20(27)14-25-9-5-8-23-25)13-18-7-4-6-17(11-18)12-22/h4-9,11,15H,10,13-14H2,1-3H3. The molecule has 0 fully saturated rings. The van der Waals surface area contributed by atoms with Crippen molar-refractivity contribution >= 4 is 22.2 Å². The van der Waals surface area contributed by atoms with Crippen LogP contribution in [0.1, 0.15) is 35.7 Å². The van der Waals surface area contributed by atoms with Crippen molar-refractivity contribution in [3.8, 4) is 6.07 Å². The Morgan fingerprint density at radius 1 is 1.36 bits per heavy atom. The summed E-state index contributed by atoms with van der Waals surface area (Å²) >= 11 is 1.57. The van der Waals surface area contributed by atoms with E-state index in [9.17, 15) is 10.1 Å². The number of rotatable bonds is 7. The fourth-order valence-electron chi connectivity index (χ4n) is 2.94. The molecule has 0 radical (unpaired) electrons. The maximum absolute atomic E-state index is 13.1. The van der Waals surface area contributed by atoms with Crippen molar-refractivity contribution < 1.29 is 4.79 Å². The number of aryl methyl sites for hydroxylation is 1. The fourth-order valence-corrected chi connectivity index (χ4v) is 4.24. The molecule has 6 nitrogen and oxygen atoms in total. The minimum absolute atomic E-state index is 0.0612. The zero-order valence-corrected chi connectivity index (χ0v) is 17.1. The van der Waals surface area contributed by atoms with E-state index in [0.717, 1.165) is 27.7 Å². The maximum Gasteiger partial charge on any atom is 0.249 e. The Balaban J connectivity index is 1.93. The first kappa shape index (κ1) is 19.8. The van der Waals surface area contributed by atoms with Gasteiger partial charge in [0.15, 0.2) is 0 Å². The maximum atomic E-state index is 13.1. The average Bonchev–Trinajstić information content (AvgIpc) is 3.29. The third-order valence-electron chi connectivity index (χ3n) is 4.20. The molecule has 28 heavy (non-hydrogen) atoms. The van der Waals surface area contributed by atoms with Crippen molar-refractivity contribution in [3.63, 3.8) is 0 Å². The average molecular weight is 394 g/mol. The normalized spacial score (nSPS) is 10.8. The Bertz CT molecular complexity index is 985. The van der Waals surface area contributed by atoms with Gasteiger partial charge in [-0.2, -0.15) is 10.4 Å². The zero-order valence-electron chi connectivity index (χ0n) is 16.3. The molecule has 0 aliphatic rings. The lowest BCUT2D eigenvalue weighted by Gasteiger charge is -2.22. The SMILES string of the molecule is Cc1nc(CC(C)C)sc1N(Cc1cccc(C#N)c1)C(=O)Cn1cccn1. The van der Waals surface area contributed by atoms with Gasteiger partial charge in [-0.1, -0.05) is 26.0 Å². The van der Waals surface area contributed by atoms with Gasteiger partial charge in [-0.3, -0.25) is 14.4 Å². The van der Waals surface area contributed by atoms with Gasteiger partial charge in [0.05, 0.1) is 28.9 Å². The monoisotopic (exact) mass is 393 g/mol. The summed E-state index contributed by atoms with van der Waals surface area (Å²) in [5, 5.41) is 15.2. The number of nitriles is 1. The van der Waals surface area contributed by atoms with E-state index in [4.69, 9.17) is 0 Å². The molecule has 0 spiro atoms. The highest BCUT2D eigenvalue weighted by molar-refractivity contribution is 7.16. The van der Waals surface area contributed by atoms with Gasteiger partial charge in [-0.05, 0) is 36.6 Å². The summed E-state index contributed by atoms with van der Waals surface area (Å²) in [7, 11) is 0. The molecule has 2 aromatic heterocycles. The van der Waals surface area contributed by atoms with Crippen LogP contribution in [-0.4, -0.2) is 20.7 Å². The molecule has 0 saturated carbocycles. The number of hydrogen-bond donors (Lipinski definition) is 0. The third-order valence-corrected chi connectivity index (χ3v) is 5.40. The van der Waals surface area contributed by atoms with E-state index in [0.29, 0.717) is 18.0 Å². The quantitative estimate of drug-likeness (QED) is 0.609. The minimum Gasteiger partial charge on any atom is -0.296 e. The molecule has 1 aromatic carbocycles. The fraction of sp³-hybridized carbons (Fsp3) is 0.333. The van der Waals surface area contributed by atoms with Crippen LogP contribution in [-0.2, 0) is 24.3 Å². The van der Waals surface area contributed by atoms with Gasteiger partial charge in [0.25, 0.3) is 0 Å². The van der Waals surface area contributed by atoms with Crippen LogP contribution in [0, 0.1) is 24.2 Å². The molecule has 0 bridgehead atoms. The molecule has 0 unspecified atom stereocenters. The predicted octanol–water partition coefficient (Wildman–Crippen LogP) is 3.95. The molecule has 3 rings (SSSR count). The van der Waals surface area contributed by atoms with Gasteiger partial charge in [0, 0.05) is 18.8 Å². The van der Waals surface area contributed by atoms with E-state index in [1.54, 1.807) is 45.4 Å². The Hall–Kier alpha value is -2.98. The molecule has 7 heteroatoms. The van der Waals surface area contributed by atoms with Crippen LogP contribution in [0.15, 0.2) is 42.7 Å². The number of carbonyl (C=O) groups excluding carboxylic acids is 1. The largest absolute Gasteiger partial charge is 0.296 e. The smallest absolute Gasteiger partial charge is 0.249 e. The van der Waals surface area contributed by atoms with E-state index in [-0.39, 0.29) is 12.5 Å². The number of carbonyl (C=O) groups is 1. The van der Waals surface area contributed by atoms with Crippen molar-refractivity contribution in [1.29, 1.82) is 5.26 Å². The Morgan fingerprint density at radius 2 is 2.18 bits per heavy atom. The number of thiazole rings is 1. The first-order chi connectivity index (χ1) is 13.5. The number of aromatic nitrogens is 3. The van der Waals surface area contributed by atoms with E-state index in [2.05, 4.69) is 30.0 Å². The highest BCUT2D eigenvalue weighted by Crippen LogP contribution is 2.31. The van der Waals surface area contributed by atoms with Crippen LogP contribution in [0.3, 0.4) is 0 Å². The van der Waals surface area contributed by atoms with Crippen molar-refractivity contribution in [2.75, 3.05) is 4.90 Å². The summed E-state index contributed by atoms with van der Waals surface area (Å²) in [6.45, 7) is 6.80. The summed E-state index contributed by atoms with van der Waals surface area (Å²) in [5.74, 6) is 0.438. The predicted molar refractivity (Wildman–Crippen MR) is 110 cm³/mol. The second kappa shape index (κ2) is 8.81. The molecule has 0 aliphatic carbocycles. The molecule has 0 saturated heterocycles. The topological polar surface area (TPSA) is 74.8 Å². The summed E-state index contributed by atoms with van der Waals surface area (Å²) in [5.41, 5.74) is 2.34. The van der Waals surface area contributed by atoms with Crippen LogP contribution < -0.4 is 4.90 Å². The first-order valence-corrected chi connectivity index (χ1v) is 10.0. The van der Waals surface area contributed by atoms with Crippen molar-refractivity contribution in [3.05, 3.63) is 64.6 Å². The van der Waals surface area contributed by atoms with Crippen LogP contribution >= 0.6 is 11.3 Å². The number of anilines is 1. The Morgan fingerprint density at radius 3 is 2.86 bits per heavy atom. The van der Waals surface area contributed by atoms with Crippen LogP contribution in [0.5, 0.6) is 0 Å². The van der Waals surface area contributed by atoms with Crippen LogP contribution in [0.4, 0.5) is 5.00 Å². The van der Waals surface area contributed by atoms with Gasteiger partial charge in [0.1, 0.15) is 11.5 Å². The van der Waals surface area contributed by atoms with Crippen LogP contribution in [0.2, 0.25) is 0 Å². The number of amides is 1. The lowest BCUT2D eigenvalue weighted by molar-refractivity contribution is -0.119. The molecule has 144 valence electrons. The molecule has 0 atom stereocenters. The second-order valence-corrected chi connectivity index (χ2v) is 8.15. The highest BCUT2D eigenvalue weighted by atomic mass is 32.1. The summed E-state index contributed by atoms with van der Waals surface area (Å²) in [6, 6.07) is 11.3. The molecular formula is C21H23N5OS. The lowest BCUT2D eigenvalue weighted by Crippen LogP contribution is -2.33. The van der Waals surface area contributed by atoms with Crippen molar-refractivity contribution in [2.24, 2.45) is 5.92 Å². The molecular weight excluding hydrogens is 370 g/mol. The molecule has 0 aliphatic heterocycles. The number of benzene rings is 1. The van der Waals surface area contributed by atoms with Gasteiger partial charge in [0.2, 0.25) is 5.91 Å². The first-order valence-electron chi connectivity index (χ1n) is 9.19. The van der Waals surface area contributed by atoms with Crippen LogP contribution in [0.25, 0.3) is 0 Å². The lowest BCUT2D eigenvalue weighted by atomic mass is 10.1. The molecule has 0 N–H and O–H groups in total. The zero-order chi connectivity index (χ0) is 20.1. The number of nitrogens with zero attached hydrogens (tertiary/aromatic N) is 5. The van der Waals surface area contributed by atoms with Crippen molar-refractivity contribution in [2.45, 2.75) is 40.3 Å². The van der Waals surface area contributed by atoms with Gasteiger partial charge in [-0.25, -0.2) is 4.98 Å². The summed E-state index contributed by atoms with van der Waals surface area (Å²) in [6.07, 6.45) is 4.32. The summed E-state index contributed by atoms with van der Waals surface area (Å²) < 4.78 is 1.62. The van der Waals surface area contributed by atoms with E-state index >= 15 is 0 Å². The molecule has 2 heterocycles. The third kappa shape index (κ3) is 4.84.